The number of ether oxygens (including phenoxy) is 1. The Bertz CT molecular complexity index is 291. The van der Waals surface area contributed by atoms with E-state index in [1.807, 2.05) is 24.2 Å². The van der Waals surface area contributed by atoms with Crippen molar-refractivity contribution in [1.29, 1.82) is 0 Å². The van der Waals surface area contributed by atoms with Crippen LogP contribution in [0.25, 0.3) is 0 Å². The van der Waals surface area contributed by atoms with Gasteiger partial charge in [0.05, 0.1) is 6.61 Å². The lowest BCUT2D eigenvalue weighted by Crippen LogP contribution is -2.21. The van der Waals surface area contributed by atoms with Gasteiger partial charge in [-0.25, -0.2) is 4.98 Å². The fraction of sp³-hybridized carbons (Fsp3) is 0.727. The van der Waals surface area contributed by atoms with E-state index in [9.17, 15) is 0 Å². The normalized spacial score (nSPS) is 12.7. The number of nitrogens with one attached hydrogen (secondary N) is 1. The smallest absolute Gasteiger partial charge is 0.203 e. The number of imidazole rings is 1. The summed E-state index contributed by atoms with van der Waals surface area (Å²) in [6, 6.07) is 0.439. The molecule has 1 heterocycles. The Morgan fingerprint density at radius 1 is 1.62 bits per heavy atom. The molecule has 1 atom stereocenters. The molecule has 1 aromatic rings. The van der Waals surface area contributed by atoms with E-state index in [-0.39, 0.29) is 0 Å². The van der Waals surface area contributed by atoms with Crippen molar-refractivity contribution >= 4 is 17.7 Å². The summed E-state index contributed by atoms with van der Waals surface area (Å²) in [4.78, 5) is 4.30. The van der Waals surface area contributed by atoms with Crippen LogP contribution in [0.4, 0.5) is 5.95 Å². The van der Waals surface area contributed by atoms with Crippen molar-refractivity contribution in [3.63, 3.8) is 0 Å². The molecule has 0 saturated carbocycles. The van der Waals surface area contributed by atoms with Gasteiger partial charge in [0, 0.05) is 37.8 Å². The molecule has 0 aliphatic rings. The van der Waals surface area contributed by atoms with E-state index >= 15 is 0 Å². The summed E-state index contributed by atoms with van der Waals surface area (Å²) in [5, 5.41) is 3.41. The van der Waals surface area contributed by atoms with Gasteiger partial charge in [-0.1, -0.05) is 6.92 Å². The maximum atomic E-state index is 5.06. The van der Waals surface area contributed by atoms with Crippen LogP contribution in [0.2, 0.25) is 0 Å². The summed E-state index contributed by atoms with van der Waals surface area (Å²) in [6.45, 7) is 5.91. The fourth-order valence-electron chi connectivity index (χ4n) is 1.38. The summed E-state index contributed by atoms with van der Waals surface area (Å²) in [6.07, 6.45) is 3.79. The van der Waals surface area contributed by atoms with Gasteiger partial charge in [-0.15, -0.1) is 0 Å². The Morgan fingerprint density at radius 2 is 2.44 bits per heavy atom. The Balaban J connectivity index is 2.42. The van der Waals surface area contributed by atoms with Crippen molar-refractivity contribution in [2.75, 3.05) is 30.5 Å². The molecule has 0 fully saturated rings. The van der Waals surface area contributed by atoms with Crippen LogP contribution in [0.15, 0.2) is 12.4 Å². The molecule has 1 unspecified atom stereocenters. The lowest BCUT2D eigenvalue weighted by atomic mass is 10.4. The fourth-order valence-corrected chi connectivity index (χ4v) is 2.05. The molecule has 16 heavy (non-hydrogen) atoms. The standard InChI is InChI=1S/C11H21N3OS/c1-4-16-9-10(2)13-11-12-5-6-14(11)7-8-15-3/h5-6,10H,4,7-9H2,1-3H3,(H,12,13). The van der Waals surface area contributed by atoms with E-state index in [0.29, 0.717) is 12.6 Å². The predicted octanol–water partition coefficient (Wildman–Crippen LogP) is 2.08. The number of nitrogens with zero attached hydrogens (tertiary/aromatic N) is 2. The minimum absolute atomic E-state index is 0.439. The molecule has 4 nitrogen and oxygen atoms in total. The van der Waals surface area contributed by atoms with Crippen molar-refractivity contribution < 1.29 is 4.74 Å². The zero-order chi connectivity index (χ0) is 11.8. The van der Waals surface area contributed by atoms with E-state index < -0.39 is 0 Å². The highest BCUT2D eigenvalue weighted by Gasteiger charge is 2.06. The van der Waals surface area contributed by atoms with E-state index in [1.165, 1.54) is 0 Å². The topological polar surface area (TPSA) is 39.1 Å². The third kappa shape index (κ3) is 4.45. The minimum Gasteiger partial charge on any atom is -0.383 e. The second-order valence-corrected chi connectivity index (χ2v) is 4.96. The van der Waals surface area contributed by atoms with Crippen LogP contribution in [0.1, 0.15) is 13.8 Å². The predicted molar refractivity (Wildman–Crippen MR) is 70.2 cm³/mol. The summed E-state index contributed by atoms with van der Waals surface area (Å²) >= 11 is 1.94. The van der Waals surface area contributed by atoms with Gasteiger partial charge < -0.3 is 14.6 Å². The van der Waals surface area contributed by atoms with Crippen molar-refractivity contribution in [2.24, 2.45) is 0 Å². The first-order valence-corrected chi connectivity index (χ1v) is 6.77. The third-order valence-electron chi connectivity index (χ3n) is 2.20. The van der Waals surface area contributed by atoms with Crippen LogP contribution in [-0.4, -0.2) is 40.8 Å². The van der Waals surface area contributed by atoms with E-state index in [4.69, 9.17) is 4.74 Å². The minimum atomic E-state index is 0.439. The zero-order valence-electron chi connectivity index (χ0n) is 10.3. The summed E-state index contributed by atoms with van der Waals surface area (Å²) < 4.78 is 7.14. The van der Waals surface area contributed by atoms with Gasteiger partial charge in [0.25, 0.3) is 0 Å². The molecular weight excluding hydrogens is 222 g/mol. The maximum Gasteiger partial charge on any atom is 0.203 e. The van der Waals surface area contributed by atoms with E-state index in [2.05, 4.69) is 28.7 Å². The molecule has 0 amide bonds. The highest BCUT2D eigenvalue weighted by molar-refractivity contribution is 7.99. The second-order valence-electron chi connectivity index (χ2n) is 3.64. The molecule has 0 bridgehead atoms. The lowest BCUT2D eigenvalue weighted by Gasteiger charge is -2.15. The van der Waals surface area contributed by atoms with Crippen LogP contribution < -0.4 is 5.32 Å². The number of rotatable bonds is 8. The first-order valence-electron chi connectivity index (χ1n) is 5.62. The molecule has 0 saturated heterocycles. The van der Waals surface area contributed by atoms with Crippen molar-refractivity contribution in [3.8, 4) is 0 Å². The molecule has 5 heteroatoms. The van der Waals surface area contributed by atoms with Crippen LogP contribution >= 0.6 is 11.8 Å². The molecule has 0 aromatic carbocycles. The number of thioether (sulfide) groups is 1. The number of anilines is 1. The summed E-state index contributed by atoms with van der Waals surface area (Å²) in [7, 11) is 1.71. The summed E-state index contributed by atoms with van der Waals surface area (Å²) in [5.41, 5.74) is 0. The second kappa shape index (κ2) is 7.57. The van der Waals surface area contributed by atoms with Gasteiger partial charge in [0.2, 0.25) is 5.95 Å². The average molecular weight is 243 g/mol. The van der Waals surface area contributed by atoms with Gasteiger partial charge in [0.1, 0.15) is 0 Å². The van der Waals surface area contributed by atoms with E-state index in [0.717, 1.165) is 24.0 Å². The van der Waals surface area contributed by atoms with Crippen LogP contribution in [0, 0.1) is 0 Å². The molecule has 1 rings (SSSR count). The lowest BCUT2D eigenvalue weighted by molar-refractivity contribution is 0.187. The Hall–Kier alpha value is -0.680. The van der Waals surface area contributed by atoms with Crippen LogP contribution in [0.5, 0.6) is 0 Å². The molecular formula is C11H21N3OS. The maximum absolute atomic E-state index is 5.06. The highest BCUT2D eigenvalue weighted by Crippen LogP contribution is 2.09. The molecule has 0 aliphatic heterocycles. The molecule has 92 valence electrons. The van der Waals surface area contributed by atoms with Gasteiger partial charge in [-0.05, 0) is 12.7 Å². The van der Waals surface area contributed by atoms with Crippen LogP contribution in [0.3, 0.4) is 0 Å². The quantitative estimate of drug-likeness (QED) is 0.759. The Labute approximate surface area is 102 Å². The van der Waals surface area contributed by atoms with Gasteiger partial charge in [0.15, 0.2) is 0 Å². The van der Waals surface area contributed by atoms with Crippen LogP contribution in [-0.2, 0) is 11.3 Å². The monoisotopic (exact) mass is 243 g/mol. The summed E-state index contributed by atoms with van der Waals surface area (Å²) in [5.74, 6) is 3.19. The average Bonchev–Trinajstić information content (AvgIpc) is 2.71. The van der Waals surface area contributed by atoms with Gasteiger partial charge >= 0.3 is 0 Å². The Morgan fingerprint density at radius 3 is 3.12 bits per heavy atom. The molecule has 1 aromatic heterocycles. The van der Waals surface area contributed by atoms with Crippen molar-refractivity contribution in [2.45, 2.75) is 26.4 Å². The van der Waals surface area contributed by atoms with Gasteiger partial charge in [-0.3, -0.25) is 0 Å². The zero-order valence-corrected chi connectivity index (χ0v) is 11.1. The molecule has 0 aliphatic carbocycles. The first kappa shape index (κ1) is 13.4. The highest BCUT2D eigenvalue weighted by atomic mass is 32.2. The SMILES string of the molecule is CCSCC(C)Nc1nccn1CCOC. The van der Waals surface area contributed by atoms with Crippen molar-refractivity contribution in [3.05, 3.63) is 12.4 Å². The Kier molecular flexibility index (Phi) is 6.33. The van der Waals surface area contributed by atoms with Crippen molar-refractivity contribution in [1.82, 2.24) is 9.55 Å². The largest absolute Gasteiger partial charge is 0.383 e. The third-order valence-corrected chi connectivity index (χ3v) is 3.34. The first-order chi connectivity index (χ1) is 7.77. The molecule has 0 spiro atoms. The number of hydrogen-bond donors (Lipinski definition) is 1. The number of methoxy groups -OCH3 is 1. The van der Waals surface area contributed by atoms with E-state index in [1.54, 1.807) is 7.11 Å². The molecule has 1 N–H and O–H groups in total. The molecule has 0 radical (unpaired) electrons. The number of hydrogen-bond acceptors (Lipinski definition) is 4. The number of aromatic nitrogens is 2. The van der Waals surface area contributed by atoms with Gasteiger partial charge in [-0.2, -0.15) is 11.8 Å².